The summed E-state index contributed by atoms with van der Waals surface area (Å²) in [5.41, 5.74) is 1.30. The Morgan fingerprint density at radius 1 is 1.08 bits per heavy atom. The molecule has 3 rings (SSSR count). The van der Waals surface area contributed by atoms with Gasteiger partial charge in [-0.25, -0.2) is 13.1 Å². The minimum absolute atomic E-state index is 0.0171. The van der Waals surface area contributed by atoms with Crippen LogP contribution in [0.4, 0.5) is 0 Å². The van der Waals surface area contributed by atoms with Gasteiger partial charge in [0.15, 0.2) is 0 Å². The number of sulfonamides is 1. The molecule has 7 heteroatoms. The van der Waals surface area contributed by atoms with E-state index in [-0.39, 0.29) is 23.4 Å². The first-order valence-electron chi connectivity index (χ1n) is 8.07. The summed E-state index contributed by atoms with van der Waals surface area (Å²) in [6.45, 7) is 1.38. The fraction of sp³-hybridized carbons (Fsp3) is 0.278. The molecule has 2 N–H and O–H groups in total. The smallest absolute Gasteiger partial charge is 0.251 e. The van der Waals surface area contributed by atoms with Gasteiger partial charge in [0.25, 0.3) is 5.91 Å². The number of rotatable bonds is 6. The third-order valence-corrected chi connectivity index (χ3v) is 5.42. The average Bonchev–Trinajstić information content (AvgIpc) is 3.14. The summed E-state index contributed by atoms with van der Waals surface area (Å²) in [6.07, 6.45) is 0.793. The molecule has 0 radical (unpaired) electrons. The maximum atomic E-state index is 12.3. The molecule has 2 aromatic rings. The minimum Gasteiger partial charge on any atom is -0.379 e. The average molecular weight is 360 g/mol. The Morgan fingerprint density at radius 2 is 1.80 bits per heavy atom. The Morgan fingerprint density at radius 3 is 2.44 bits per heavy atom. The SMILES string of the molecule is O=C(N[C@@H]1CCOC1)c1ccc(S(=O)(=O)NCc2ccccc2)cc1. The molecular formula is C18H20N2O4S. The second-order valence-electron chi connectivity index (χ2n) is 5.87. The van der Waals surface area contributed by atoms with Crippen molar-refractivity contribution in [3.8, 4) is 0 Å². The van der Waals surface area contributed by atoms with E-state index in [9.17, 15) is 13.2 Å². The van der Waals surface area contributed by atoms with Crippen molar-refractivity contribution in [2.24, 2.45) is 0 Å². The predicted octanol–water partition coefficient (Wildman–Crippen LogP) is 1.68. The molecule has 2 aromatic carbocycles. The van der Waals surface area contributed by atoms with Crippen molar-refractivity contribution in [2.75, 3.05) is 13.2 Å². The first-order valence-corrected chi connectivity index (χ1v) is 9.55. The Hall–Kier alpha value is -2.22. The van der Waals surface area contributed by atoms with E-state index in [1.165, 1.54) is 24.3 Å². The largest absolute Gasteiger partial charge is 0.379 e. The van der Waals surface area contributed by atoms with Crippen LogP contribution in [0.15, 0.2) is 59.5 Å². The van der Waals surface area contributed by atoms with Crippen molar-refractivity contribution in [3.05, 3.63) is 65.7 Å². The van der Waals surface area contributed by atoms with Gasteiger partial charge in [0.05, 0.1) is 17.5 Å². The van der Waals surface area contributed by atoms with Crippen molar-refractivity contribution in [1.82, 2.24) is 10.0 Å². The molecule has 132 valence electrons. The van der Waals surface area contributed by atoms with E-state index in [1.807, 2.05) is 30.3 Å². The monoisotopic (exact) mass is 360 g/mol. The first kappa shape index (κ1) is 17.6. The molecule has 1 fully saturated rings. The van der Waals surface area contributed by atoms with Gasteiger partial charge in [-0.2, -0.15) is 0 Å². The summed E-state index contributed by atoms with van der Waals surface area (Å²) in [4.78, 5) is 12.3. The summed E-state index contributed by atoms with van der Waals surface area (Å²) in [5, 5.41) is 2.87. The molecule has 1 heterocycles. The molecular weight excluding hydrogens is 340 g/mol. The number of hydrogen-bond donors (Lipinski definition) is 2. The molecule has 0 spiro atoms. The topological polar surface area (TPSA) is 84.5 Å². The van der Waals surface area contributed by atoms with E-state index in [1.54, 1.807) is 0 Å². The molecule has 1 aliphatic heterocycles. The van der Waals surface area contributed by atoms with Crippen LogP contribution in [0.3, 0.4) is 0 Å². The van der Waals surface area contributed by atoms with E-state index in [4.69, 9.17) is 4.74 Å². The number of nitrogens with one attached hydrogen (secondary N) is 2. The summed E-state index contributed by atoms with van der Waals surface area (Å²) in [6, 6.07) is 15.2. The molecule has 0 bridgehead atoms. The quantitative estimate of drug-likeness (QED) is 0.821. The van der Waals surface area contributed by atoms with Gasteiger partial charge in [0.1, 0.15) is 0 Å². The highest BCUT2D eigenvalue weighted by Gasteiger charge is 2.19. The molecule has 6 nitrogen and oxygen atoms in total. The maximum absolute atomic E-state index is 12.3. The summed E-state index contributed by atoms with van der Waals surface area (Å²) >= 11 is 0. The number of hydrogen-bond acceptors (Lipinski definition) is 4. The van der Waals surface area contributed by atoms with Crippen LogP contribution in [0.2, 0.25) is 0 Å². The Balaban J connectivity index is 1.63. The number of carbonyl (C=O) groups is 1. The van der Waals surface area contributed by atoms with Crippen LogP contribution in [-0.4, -0.2) is 33.6 Å². The second-order valence-corrected chi connectivity index (χ2v) is 7.64. The van der Waals surface area contributed by atoms with Crippen LogP contribution in [-0.2, 0) is 21.3 Å². The highest BCUT2D eigenvalue weighted by atomic mass is 32.2. The van der Waals surface area contributed by atoms with Crippen molar-refractivity contribution in [1.29, 1.82) is 0 Å². The van der Waals surface area contributed by atoms with E-state index in [2.05, 4.69) is 10.0 Å². The van der Waals surface area contributed by atoms with Crippen LogP contribution in [0.25, 0.3) is 0 Å². The molecule has 0 unspecified atom stereocenters. The molecule has 1 aliphatic rings. The maximum Gasteiger partial charge on any atom is 0.251 e. The zero-order chi connectivity index (χ0) is 17.7. The standard InChI is InChI=1S/C18H20N2O4S/c21-18(20-16-10-11-24-13-16)15-6-8-17(9-7-15)25(22,23)19-12-14-4-2-1-3-5-14/h1-9,16,19H,10-13H2,(H,20,21)/t16-/m1/s1. The van der Waals surface area contributed by atoms with Crippen LogP contribution in [0, 0.1) is 0 Å². The molecule has 25 heavy (non-hydrogen) atoms. The lowest BCUT2D eigenvalue weighted by Gasteiger charge is -2.11. The molecule has 0 aliphatic carbocycles. The highest BCUT2D eigenvalue weighted by Crippen LogP contribution is 2.12. The highest BCUT2D eigenvalue weighted by molar-refractivity contribution is 7.89. The fourth-order valence-corrected chi connectivity index (χ4v) is 3.58. The number of amides is 1. The lowest BCUT2D eigenvalue weighted by Crippen LogP contribution is -2.35. The summed E-state index contributed by atoms with van der Waals surface area (Å²) in [5.74, 6) is -0.225. The van der Waals surface area contributed by atoms with Gasteiger partial charge in [-0.1, -0.05) is 30.3 Å². The Bertz CT molecular complexity index is 814. The number of ether oxygens (including phenoxy) is 1. The molecule has 0 aromatic heterocycles. The van der Waals surface area contributed by atoms with Gasteiger partial charge in [-0.05, 0) is 36.2 Å². The first-order chi connectivity index (χ1) is 12.0. The van der Waals surface area contributed by atoms with Crippen molar-refractivity contribution < 1.29 is 17.9 Å². The second kappa shape index (κ2) is 7.77. The van der Waals surface area contributed by atoms with E-state index >= 15 is 0 Å². The zero-order valence-electron chi connectivity index (χ0n) is 13.6. The van der Waals surface area contributed by atoms with Crippen molar-refractivity contribution >= 4 is 15.9 Å². The van der Waals surface area contributed by atoms with Crippen LogP contribution in [0.1, 0.15) is 22.3 Å². The van der Waals surface area contributed by atoms with Gasteiger partial charge in [0, 0.05) is 18.7 Å². The van der Waals surface area contributed by atoms with Gasteiger partial charge in [-0.15, -0.1) is 0 Å². The lowest BCUT2D eigenvalue weighted by molar-refractivity contribution is 0.0930. The van der Waals surface area contributed by atoms with E-state index < -0.39 is 10.0 Å². The summed E-state index contributed by atoms with van der Waals surface area (Å²) < 4.78 is 32.4. The number of carbonyl (C=O) groups excluding carboxylic acids is 1. The third-order valence-electron chi connectivity index (χ3n) is 4.00. The van der Waals surface area contributed by atoms with Crippen molar-refractivity contribution in [2.45, 2.75) is 23.9 Å². The van der Waals surface area contributed by atoms with Gasteiger partial charge in [0.2, 0.25) is 10.0 Å². The molecule has 1 amide bonds. The third kappa shape index (κ3) is 4.66. The zero-order valence-corrected chi connectivity index (χ0v) is 14.5. The van der Waals surface area contributed by atoms with Gasteiger partial charge >= 0.3 is 0 Å². The molecule has 1 saturated heterocycles. The fourth-order valence-electron chi connectivity index (χ4n) is 2.56. The van der Waals surface area contributed by atoms with E-state index in [0.29, 0.717) is 18.8 Å². The van der Waals surface area contributed by atoms with Crippen molar-refractivity contribution in [3.63, 3.8) is 0 Å². The predicted molar refractivity (Wildman–Crippen MR) is 93.6 cm³/mol. The van der Waals surface area contributed by atoms with Gasteiger partial charge < -0.3 is 10.1 Å². The van der Waals surface area contributed by atoms with Crippen LogP contribution >= 0.6 is 0 Å². The Kier molecular flexibility index (Phi) is 5.47. The molecule has 0 saturated carbocycles. The molecule has 1 atom stereocenters. The lowest BCUT2D eigenvalue weighted by atomic mass is 10.2. The van der Waals surface area contributed by atoms with Crippen LogP contribution in [0.5, 0.6) is 0 Å². The van der Waals surface area contributed by atoms with E-state index in [0.717, 1.165) is 12.0 Å². The van der Waals surface area contributed by atoms with Crippen LogP contribution < -0.4 is 10.0 Å². The minimum atomic E-state index is -3.63. The summed E-state index contributed by atoms with van der Waals surface area (Å²) in [7, 11) is -3.63. The van der Waals surface area contributed by atoms with Gasteiger partial charge in [-0.3, -0.25) is 4.79 Å². The number of benzene rings is 2. The Labute approximate surface area is 147 Å². The normalized spacial score (nSPS) is 17.4.